The summed E-state index contributed by atoms with van der Waals surface area (Å²) in [6.07, 6.45) is 0.278. The molecule has 6 heteroatoms. The van der Waals surface area contributed by atoms with Crippen molar-refractivity contribution in [3.8, 4) is 0 Å². The van der Waals surface area contributed by atoms with Crippen LogP contribution in [0.15, 0.2) is 47.4 Å². The molecule has 0 saturated heterocycles. The highest BCUT2D eigenvalue weighted by atomic mass is 16.6. The molecule has 0 spiro atoms. The maximum absolute atomic E-state index is 11.8. The average molecular weight is 274 g/mol. The van der Waals surface area contributed by atoms with Crippen LogP contribution in [0.1, 0.15) is 17.2 Å². The van der Waals surface area contributed by atoms with Gasteiger partial charge in [-0.2, -0.15) is 0 Å². The first-order chi connectivity index (χ1) is 9.49. The van der Waals surface area contributed by atoms with Gasteiger partial charge in [0.1, 0.15) is 0 Å². The molecule has 0 aliphatic heterocycles. The Morgan fingerprint density at radius 2 is 2.00 bits per heavy atom. The lowest BCUT2D eigenvalue weighted by Gasteiger charge is -2.13. The van der Waals surface area contributed by atoms with Gasteiger partial charge in [0.05, 0.1) is 23.8 Å². The number of nitrogens with zero attached hydrogens (tertiary/aromatic N) is 2. The van der Waals surface area contributed by atoms with Crippen LogP contribution in [0.5, 0.6) is 0 Å². The third-order valence-corrected chi connectivity index (χ3v) is 3.06. The second-order valence-corrected chi connectivity index (χ2v) is 4.52. The third-order valence-electron chi connectivity index (χ3n) is 3.06. The predicted octanol–water partition coefficient (Wildman–Crippen LogP) is 1.80. The van der Waals surface area contributed by atoms with Gasteiger partial charge >= 0.3 is 0 Å². The fraction of sp³-hybridized carbons (Fsp3) is 0.214. The van der Waals surface area contributed by atoms with Gasteiger partial charge in [0.15, 0.2) is 0 Å². The van der Waals surface area contributed by atoms with Crippen molar-refractivity contribution in [2.45, 2.75) is 19.6 Å². The third kappa shape index (κ3) is 2.92. The van der Waals surface area contributed by atoms with E-state index in [1.807, 2.05) is 6.07 Å². The molecular formula is C14H14N2O4. The van der Waals surface area contributed by atoms with E-state index >= 15 is 0 Å². The molecule has 0 aliphatic rings. The van der Waals surface area contributed by atoms with E-state index in [9.17, 15) is 20.0 Å². The summed E-state index contributed by atoms with van der Waals surface area (Å²) in [7, 11) is 0. The molecule has 0 aliphatic carbocycles. The summed E-state index contributed by atoms with van der Waals surface area (Å²) in [5.41, 5.74) is 0.459. The fourth-order valence-electron chi connectivity index (χ4n) is 1.96. The lowest BCUT2D eigenvalue weighted by atomic mass is 10.1. The highest BCUT2D eigenvalue weighted by Gasteiger charge is 2.15. The molecule has 2 aromatic rings. The number of pyridine rings is 1. The van der Waals surface area contributed by atoms with Crippen LogP contribution in [0.2, 0.25) is 0 Å². The van der Waals surface area contributed by atoms with Crippen LogP contribution < -0.4 is 5.56 Å². The number of hydrogen-bond donors (Lipinski definition) is 1. The zero-order valence-electron chi connectivity index (χ0n) is 10.9. The number of nitro groups is 1. The molecule has 0 bridgehead atoms. The van der Waals surface area contributed by atoms with E-state index in [0.717, 1.165) is 4.57 Å². The number of aromatic nitrogens is 1. The first kappa shape index (κ1) is 14.0. The molecule has 1 heterocycles. The molecule has 0 amide bonds. The Balaban J connectivity index is 2.32. The lowest BCUT2D eigenvalue weighted by molar-refractivity contribution is -0.386. The average Bonchev–Trinajstić information content (AvgIpc) is 2.42. The van der Waals surface area contributed by atoms with E-state index in [2.05, 4.69) is 0 Å². The Hall–Kier alpha value is -2.47. The molecule has 1 aromatic carbocycles. The van der Waals surface area contributed by atoms with Crippen LogP contribution in [0.4, 0.5) is 5.69 Å². The van der Waals surface area contributed by atoms with Crippen molar-refractivity contribution in [2.75, 3.05) is 0 Å². The number of rotatable bonds is 4. The molecule has 1 N–H and O–H groups in total. The minimum atomic E-state index is -0.892. The molecule has 6 nitrogen and oxygen atoms in total. The Morgan fingerprint density at radius 3 is 2.60 bits per heavy atom. The largest absolute Gasteiger partial charge is 0.387 e. The zero-order valence-corrected chi connectivity index (χ0v) is 10.9. The number of benzene rings is 1. The molecule has 0 saturated carbocycles. The van der Waals surface area contributed by atoms with Gasteiger partial charge in [-0.25, -0.2) is 0 Å². The molecule has 0 radical (unpaired) electrons. The summed E-state index contributed by atoms with van der Waals surface area (Å²) in [5, 5.41) is 20.9. The Labute approximate surface area is 115 Å². The molecule has 1 unspecified atom stereocenters. The van der Waals surface area contributed by atoms with Crippen molar-refractivity contribution in [3.05, 3.63) is 74.2 Å². The van der Waals surface area contributed by atoms with E-state index in [1.54, 1.807) is 24.3 Å². The summed E-state index contributed by atoms with van der Waals surface area (Å²) in [5.74, 6) is 0. The van der Waals surface area contributed by atoms with Crippen molar-refractivity contribution >= 4 is 5.69 Å². The Bertz CT molecular complexity index is 679. The Kier molecular flexibility index (Phi) is 3.95. The lowest BCUT2D eigenvalue weighted by Crippen LogP contribution is -2.23. The van der Waals surface area contributed by atoms with Crippen LogP contribution in [-0.2, 0) is 6.54 Å². The highest BCUT2D eigenvalue weighted by molar-refractivity contribution is 5.35. The van der Waals surface area contributed by atoms with Gasteiger partial charge in [-0.05, 0) is 12.5 Å². The molecule has 1 aromatic heterocycles. The zero-order chi connectivity index (χ0) is 14.7. The van der Waals surface area contributed by atoms with Gasteiger partial charge in [0, 0.05) is 11.6 Å². The van der Waals surface area contributed by atoms with Gasteiger partial charge < -0.3 is 9.67 Å². The summed E-state index contributed by atoms with van der Waals surface area (Å²) < 4.78 is 1.16. The monoisotopic (exact) mass is 274 g/mol. The smallest absolute Gasteiger partial charge is 0.288 e. The first-order valence-corrected chi connectivity index (χ1v) is 6.07. The second kappa shape index (κ2) is 5.66. The van der Waals surface area contributed by atoms with Gasteiger partial charge in [0.2, 0.25) is 0 Å². The summed E-state index contributed by atoms with van der Waals surface area (Å²) in [6, 6.07) is 10.0. The highest BCUT2D eigenvalue weighted by Crippen LogP contribution is 2.17. The maximum Gasteiger partial charge on any atom is 0.288 e. The van der Waals surface area contributed by atoms with Gasteiger partial charge in [-0.15, -0.1) is 0 Å². The number of hydrogen-bond acceptors (Lipinski definition) is 4. The molecule has 104 valence electrons. The van der Waals surface area contributed by atoms with Crippen molar-refractivity contribution in [3.63, 3.8) is 0 Å². The first-order valence-electron chi connectivity index (χ1n) is 6.07. The van der Waals surface area contributed by atoms with Crippen molar-refractivity contribution in [1.82, 2.24) is 4.57 Å². The van der Waals surface area contributed by atoms with Crippen molar-refractivity contribution in [1.29, 1.82) is 0 Å². The molecular weight excluding hydrogens is 260 g/mol. The van der Waals surface area contributed by atoms with Crippen LogP contribution in [0, 0.1) is 17.0 Å². The Morgan fingerprint density at radius 1 is 1.35 bits per heavy atom. The minimum Gasteiger partial charge on any atom is -0.387 e. The standard InChI is InChI=1S/C14H14N2O4/c1-10-7-14(18)15(8-12(10)16(19)20)9-13(17)11-5-3-2-4-6-11/h2-8,13,17H,9H2,1H3. The van der Waals surface area contributed by atoms with Crippen LogP contribution in [-0.4, -0.2) is 14.6 Å². The molecule has 1 atom stereocenters. The molecule has 20 heavy (non-hydrogen) atoms. The number of aliphatic hydroxyl groups excluding tert-OH is 1. The van der Waals surface area contributed by atoms with E-state index in [1.165, 1.54) is 19.2 Å². The minimum absolute atomic E-state index is 0.0238. The van der Waals surface area contributed by atoms with Crippen molar-refractivity contribution in [2.24, 2.45) is 0 Å². The van der Waals surface area contributed by atoms with Gasteiger partial charge in [-0.1, -0.05) is 30.3 Å². The molecule has 0 fully saturated rings. The predicted molar refractivity (Wildman–Crippen MR) is 73.5 cm³/mol. The van der Waals surface area contributed by atoms with Crippen LogP contribution in [0.3, 0.4) is 0 Å². The van der Waals surface area contributed by atoms with E-state index in [0.29, 0.717) is 11.1 Å². The normalized spacial score (nSPS) is 12.1. The van der Waals surface area contributed by atoms with Crippen LogP contribution in [0.25, 0.3) is 0 Å². The molecule has 2 rings (SSSR count). The van der Waals surface area contributed by atoms with Gasteiger partial charge in [-0.3, -0.25) is 14.9 Å². The van der Waals surface area contributed by atoms with E-state index in [-0.39, 0.29) is 17.8 Å². The quantitative estimate of drug-likeness (QED) is 0.680. The summed E-state index contributed by atoms with van der Waals surface area (Å²) in [6.45, 7) is 1.49. The van der Waals surface area contributed by atoms with Crippen molar-refractivity contribution < 1.29 is 10.0 Å². The maximum atomic E-state index is 11.8. The summed E-state index contributed by atoms with van der Waals surface area (Å²) >= 11 is 0. The second-order valence-electron chi connectivity index (χ2n) is 4.52. The summed E-state index contributed by atoms with van der Waals surface area (Å²) in [4.78, 5) is 22.1. The number of aliphatic hydroxyl groups is 1. The van der Waals surface area contributed by atoms with E-state index in [4.69, 9.17) is 0 Å². The fourth-order valence-corrected chi connectivity index (χ4v) is 1.96. The van der Waals surface area contributed by atoms with Crippen LogP contribution >= 0.6 is 0 Å². The topological polar surface area (TPSA) is 85.4 Å². The van der Waals surface area contributed by atoms with Gasteiger partial charge in [0.25, 0.3) is 11.2 Å². The van der Waals surface area contributed by atoms with E-state index < -0.39 is 11.0 Å². The number of aryl methyl sites for hydroxylation is 1. The SMILES string of the molecule is Cc1cc(=O)n(CC(O)c2ccccc2)cc1[N+](=O)[O-].